The van der Waals surface area contributed by atoms with Gasteiger partial charge in [-0.15, -0.1) is 0 Å². The summed E-state index contributed by atoms with van der Waals surface area (Å²) in [6.45, 7) is 2.46. The third-order valence-electron chi connectivity index (χ3n) is 4.80. The summed E-state index contributed by atoms with van der Waals surface area (Å²) in [6, 6.07) is 15.2. The molecule has 0 aliphatic heterocycles. The van der Waals surface area contributed by atoms with Gasteiger partial charge in [-0.3, -0.25) is 14.3 Å². The lowest BCUT2D eigenvalue weighted by atomic mass is 10.1. The van der Waals surface area contributed by atoms with Crippen LogP contribution in [0.4, 0.5) is 0 Å². The van der Waals surface area contributed by atoms with Crippen LogP contribution in [-0.4, -0.2) is 21.6 Å². The maximum Gasteiger partial charge on any atom is 0.261 e. The second-order valence-corrected chi connectivity index (χ2v) is 7.70. The molecule has 4 aromatic rings. The molecule has 0 saturated heterocycles. The fraction of sp³-hybridized carbons (Fsp3) is 0.174. The molecule has 6 nitrogen and oxygen atoms in total. The summed E-state index contributed by atoms with van der Waals surface area (Å²) >= 11 is 3.48. The fourth-order valence-corrected chi connectivity index (χ4v) is 3.65. The molecule has 30 heavy (non-hydrogen) atoms. The topological polar surface area (TPSA) is 66.2 Å². The van der Waals surface area contributed by atoms with E-state index in [1.165, 1.54) is 0 Å². The van der Waals surface area contributed by atoms with Crippen LogP contribution in [0.2, 0.25) is 0 Å². The summed E-state index contributed by atoms with van der Waals surface area (Å²) < 4.78 is 14.0. The highest BCUT2D eigenvalue weighted by molar-refractivity contribution is 9.10. The highest BCUT2D eigenvalue weighted by Crippen LogP contribution is 2.25. The summed E-state index contributed by atoms with van der Waals surface area (Å²) in [6.07, 6.45) is 3.19. The van der Waals surface area contributed by atoms with E-state index in [0.29, 0.717) is 29.0 Å². The molecule has 7 heteroatoms. The van der Waals surface area contributed by atoms with Crippen LogP contribution >= 0.6 is 15.9 Å². The number of hydrogen-bond acceptors (Lipinski definition) is 5. The Kier molecular flexibility index (Phi) is 5.81. The number of aromatic nitrogens is 3. The van der Waals surface area contributed by atoms with Gasteiger partial charge in [0.1, 0.15) is 18.1 Å². The van der Waals surface area contributed by atoms with Crippen molar-refractivity contribution in [3.8, 4) is 11.5 Å². The molecule has 0 atom stereocenters. The number of aryl methyl sites for hydroxylation is 1. The molecular weight excluding hydrogens is 446 g/mol. The van der Waals surface area contributed by atoms with Crippen molar-refractivity contribution in [2.45, 2.75) is 20.1 Å². The van der Waals surface area contributed by atoms with Gasteiger partial charge in [0.05, 0.1) is 35.2 Å². The lowest BCUT2D eigenvalue weighted by Gasteiger charge is -2.16. The average molecular weight is 466 g/mol. The minimum Gasteiger partial charge on any atom is -0.496 e. The first-order chi connectivity index (χ1) is 14.6. The number of pyridine rings is 1. The monoisotopic (exact) mass is 465 g/mol. The van der Waals surface area contributed by atoms with Crippen molar-refractivity contribution >= 4 is 26.8 Å². The number of benzene rings is 2. The van der Waals surface area contributed by atoms with E-state index in [9.17, 15) is 4.79 Å². The van der Waals surface area contributed by atoms with E-state index < -0.39 is 0 Å². The molecule has 2 aromatic heterocycles. The molecule has 0 radical (unpaired) electrons. The lowest BCUT2D eigenvalue weighted by molar-refractivity contribution is 0.286. The number of para-hydroxylation sites is 1. The van der Waals surface area contributed by atoms with Crippen molar-refractivity contribution in [2.24, 2.45) is 0 Å². The molecule has 4 rings (SSSR count). The van der Waals surface area contributed by atoms with E-state index in [0.717, 1.165) is 21.3 Å². The lowest BCUT2D eigenvalue weighted by Crippen LogP contribution is -2.27. The maximum atomic E-state index is 13.3. The van der Waals surface area contributed by atoms with Gasteiger partial charge < -0.3 is 9.47 Å². The van der Waals surface area contributed by atoms with Gasteiger partial charge in [0.15, 0.2) is 5.82 Å². The third-order valence-corrected chi connectivity index (χ3v) is 5.46. The molecule has 2 aromatic carbocycles. The molecule has 0 spiro atoms. The first kappa shape index (κ1) is 20.1. The molecule has 0 aliphatic carbocycles. The van der Waals surface area contributed by atoms with Crippen LogP contribution in [0.3, 0.4) is 0 Å². The third kappa shape index (κ3) is 4.07. The summed E-state index contributed by atoms with van der Waals surface area (Å²) in [7, 11) is 1.63. The Morgan fingerprint density at radius 1 is 1.10 bits per heavy atom. The first-order valence-electron chi connectivity index (χ1n) is 9.41. The Morgan fingerprint density at radius 2 is 1.93 bits per heavy atom. The van der Waals surface area contributed by atoms with E-state index >= 15 is 0 Å². The van der Waals surface area contributed by atoms with Crippen molar-refractivity contribution in [1.82, 2.24) is 14.5 Å². The van der Waals surface area contributed by atoms with Gasteiger partial charge in [-0.1, -0.05) is 24.3 Å². The van der Waals surface area contributed by atoms with Crippen molar-refractivity contribution in [3.05, 3.63) is 92.7 Å². The Hall–Kier alpha value is -3.19. The number of fused-ring (bicyclic) bond motifs is 1. The first-order valence-corrected chi connectivity index (χ1v) is 10.2. The molecule has 0 saturated carbocycles. The number of hydrogen-bond donors (Lipinski definition) is 0. The molecule has 0 N–H and O–H groups in total. The largest absolute Gasteiger partial charge is 0.496 e. The highest BCUT2D eigenvalue weighted by Gasteiger charge is 2.15. The normalized spacial score (nSPS) is 10.9. The SMILES string of the molecule is COc1cc(C)ccc1Cn1c(COc2ccccc2Br)nc2cnccc2c1=O. The van der Waals surface area contributed by atoms with Crippen LogP contribution in [0.15, 0.2) is 70.2 Å². The van der Waals surface area contributed by atoms with Gasteiger partial charge >= 0.3 is 0 Å². The zero-order chi connectivity index (χ0) is 21.1. The van der Waals surface area contributed by atoms with Gasteiger partial charge in [-0.25, -0.2) is 4.98 Å². The Morgan fingerprint density at radius 3 is 2.73 bits per heavy atom. The van der Waals surface area contributed by atoms with Crippen LogP contribution < -0.4 is 15.0 Å². The number of halogens is 1. The standard InChI is InChI=1S/C23H20BrN3O3/c1-15-7-8-16(21(11-15)29-2)13-27-22(14-30-20-6-4-3-5-18(20)24)26-19-12-25-10-9-17(19)23(27)28/h3-12H,13-14H2,1-2H3. The van der Waals surface area contributed by atoms with E-state index in [4.69, 9.17) is 9.47 Å². The Balaban J connectivity index is 1.78. The van der Waals surface area contributed by atoms with Crippen molar-refractivity contribution in [2.75, 3.05) is 7.11 Å². The van der Waals surface area contributed by atoms with E-state index in [1.807, 2.05) is 49.4 Å². The smallest absolute Gasteiger partial charge is 0.261 e. The molecule has 2 heterocycles. The van der Waals surface area contributed by atoms with Crippen LogP contribution in [0, 0.1) is 6.92 Å². The fourth-order valence-electron chi connectivity index (χ4n) is 3.25. The van der Waals surface area contributed by atoms with Gasteiger partial charge in [-0.05, 0) is 52.7 Å². The minimum absolute atomic E-state index is 0.136. The number of ether oxygens (including phenoxy) is 2. The van der Waals surface area contributed by atoms with Gasteiger partial charge in [-0.2, -0.15) is 0 Å². The quantitative estimate of drug-likeness (QED) is 0.419. The van der Waals surface area contributed by atoms with E-state index in [-0.39, 0.29) is 12.2 Å². The van der Waals surface area contributed by atoms with Crippen LogP contribution in [0.1, 0.15) is 17.0 Å². The number of rotatable bonds is 6. The maximum absolute atomic E-state index is 13.3. The summed E-state index contributed by atoms with van der Waals surface area (Å²) in [5, 5.41) is 0.515. The summed E-state index contributed by atoms with van der Waals surface area (Å²) in [4.78, 5) is 22.1. The van der Waals surface area contributed by atoms with E-state index in [1.54, 1.807) is 30.1 Å². The van der Waals surface area contributed by atoms with Gasteiger partial charge in [0, 0.05) is 11.8 Å². The molecule has 0 aliphatic rings. The van der Waals surface area contributed by atoms with Crippen LogP contribution in [0.5, 0.6) is 11.5 Å². The molecule has 0 unspecified atom stereocenters. The Labute approximate surface area is 182 Å². The number of nitrogens with zero attached hydrogens (tertiary/aromatic N) is 3. The van der Waals surface area contributed by atoms with Crippen LogP contribution in [-0.2, 0) is 13.2 Å². The predicted molar refractivity (Wildman–Crippen MR) is 119 cm³/mol. The second kappa shape index (κ2) is 8.67. The predicted octanol–water partition coefficient (Wildman–Crippen LogP) is 4.50. The van der Waals surface area contributed by atoms with Crippen molar-refractivity contribution < 1.29 is 9.47 Å². The highest BCUT2D eigenvalue weighted by atomic mass is 79.9. The van der Waals surface area contributed by atoms with Crippen molar-refractivity contribution in [1.29, 1.82) is 0 Å². The molecular formula is C23H20BrN3O3. The zero-order valence-corrected chi connectivity index (χ0v) is 18.2. The molecule has 0 amide bonds. The zero-order valence-electron chi connectivity index (χ0n) is 16.6. The van der Waals surface area contributed by atoms with E-state index in [2.05, 4.69) is 25.9 Å². The number of methoxy groups -OCH3 is 1. The minimum atomic E-state index is -0.143. The summed E-state index contributed by atoms with van der Waals surface area (Å²) in [5.41, 5.74) is 2.38. The second-order valence-electron chi connectivity index (χ2n) is 6.85. The molecule has 0 fully saturated rings. The molecule has 0 bridgehead atoms. The Bertz CT molecular complexity index is 1270. The average Bonchev–Trinajstić information content (AvgIpc) is 2.76. The summed E-state index contributed by atoms with van der Waals surface area (Å²) in [5.74, 6) is 1.92. The van der Waals surface area contributed by atoms with Crippen LogP contribution in [0.25, 0.3) is 10.9 Å². The van der Waals surface area contributed by atoms with Gasteiger partial charge in [0.25, 0.3) is 5.56 Å². The molecule has 152 valence electrons. The van der Waals surface area contributed by atoms with Gasteiger partial charge in [0.2, 0.25) is 0 Å². The van der Waals surface area contributed by atoms with Crippen molar-refractivity contribution in [3.63, 3.8) is 0 Å².